The van der Waals surface area contributed by atoms with Gasteiger partial charge in [0.05, 0.1) is 12.2 Å². The van der Waals surface area contributed by atoms with Crippen molar-refractivity contribution in [2.75, 3.05) is 0 Å². The third kappa shape index (κ3) is 4.25. The second kappa shape index (κ2) is 7.50. The maximum absolute atomic E-state index is 12.9. The quantitative estimate of drug-likeness (QED) is 0.804. The van der Waals surface area contributed by atoms with Crippen LogP contribution in [-0.4, -0.2) is 17.2 Å². The van der Waals surface area contributed by atoms with E-state index in [4.69, 9.17) is 0 Å². The van der Waals surface area contributed by atoms with E-state index >= 15 is 0 Å². The van der Waals surface area contributed by atoms with Gasteiger partial charge < -0.3 is 4.90 Å². The van der Waals surface area contributed by atoms with Crippen LogP contribution in [0, 0.1) is 0 Å². The average Bonchev–Trinajstić information content (AvgIpc) is 2.52. The predicted molar refractivity (Wildman–Crippen MR) is 83.1 cm³/mol. The molecule has 0 aliphatic heterocycles. The fourth-order valence-corrected chi connectivity index (χ4v) is 2.20. The lowest BCUT2D eigenvalue weighted by molar-refractivity contribution is -0.126. The zero-order valence-corrected chi connectivity index (χ0v) is 12.2. The van der Waals surface area contributed by atoms with E-state index in [9.17, 15) is 13.6 Å². The van der Waals surface area contributed by atoms with Gasteiger partial charge >= 0.3 is 0 Å². The Bertz CT molecular complexity index is 639. The molecule has 0 aromatic heterocycles. The second-order valence-corrected chi connectivity index (χ2v) is 4.84. The van der Waals surface area contributed by atoms with Gasteiger partial charge in [-0.1, -0.05) is 60.7 Å². The van der Waals surface area contributed by atoms with E-state index in [0.717, 1.165) is 11.6 Å². The zero-order chi connectivity index (χ0) is 15.9. The number of hydrogen-bond donors (Lipinski definition) is 0. The van der Waals surface area contributed by atoms with Crippen molar-refractivity contribution >= 4 is 11.6 Å². The monoisotopic (exact) mass is 301 g/mol. The van der Waals surface area contributed by atoms with Crippen molar-refractivity contribution < 1.29 is 13.6 Å². The first-order chi connectivity index (χ1) is 10.6. The van der Waals surface area contributed by atoms with Crippen molar-refractivity contribution in [3.63, 3.8) is 0 Å². The van der Waals surface area contributed by atoms with Gasteiger partial charge in [-0.05, 0) is 11.1 Å². The molecule has 0 aliphatic carbocycles. The Morgan fingerprint density at radius 1 is 1.05 bits per heavy atom. The summed E-state index contributed by atoms with van der Waals surface area (Å²) in [5, 5.41) is 0. The molecule has 1 amide bonds. The molecule has 0 radical (unpaired) electrons. The Balaban J connectivity index is 2.40. The second-order valence-electron chi connectivity index (χ2n) is 4.84. The Kier molecular flexibility index (Phi) is 5.42. The SMILES string of the molecule is CC(=O)N(Cc1ccccc1)/C(=C\C(F)F)c1ccccc1. The Labute approximate surface area is 128 Å². The topological polar surface area (TPSA) is 20.3 Å². The van der Waals surface area contributed by atoms with Crippen LogP contribution in [0.2, 0.25) is 0 Å². The minimum atomic E-state index is -2.63. The predicted octanol–water partition coefficient (Wildman–Crippen LogP) is 4.34. The van der Waals surface area contributed by atoms with Gasteiger partial charge in [0.25, 0.3) is 6.43 Å². The van der Waals surface area contributed by atoms with E-state index in [-0.39, 0.29) is 18.1 Å². The molecule has 114 valence electrons. The number of carbonyl (C=O) groups excluding carboxylic acids is 1. The number of carbonyl (C=O) groups is 1. The molecule has 4 heteroatoms. The number of benzene rings is 2. The van der Waals surface area contributed by atoms with E-state index in [1.165, 1.54) is 11.8 Å². The number of amides is 1. The number of alkyl halides is 2. The van der Waals surface area contributed by atoms with Crippen molar-refractivity contribution in [1.29, 1.82) is 0 Å². The summed E-state index contributed by atoms with van der Waals surface area (Å²) in [4.78, 5) is 13.4. The molecule has 0 saturated heterocycles. The molecule has 0 spiro atoms. The highest BCUT2D eigenvalue weighted by atomic mass is 19.3. The molecule has 0 atom stereocenters. The molecule has 0 saturated carbocycles. The number of rotatable bonds is 5. The van der Waals surface area contributed by atoms with E-state index in [1.54, 1.807) is 30.3 Å². The van der Waals surface area contributed by atoms with Gasteiger partial charge in [-0.3, -0.25) is 4.79 Å². The van der Waals surface area contributed by atoms with E-state index in [1.807, 2.05) is 30.3 Å². The number of nitrogens with zero attached hydrogens (tertiary/aromatic N) is 1. The van der Waals surface area contributed by atoms with E-state index in [2.05, 4.69) is 0 Å². The highest BCUT2D eigenvalue weighted by Gasteiger charge is 2.18. The summed E-state index contributed by atoms with van der Waals surface area (Å²) in [6.07, 6.45) is -1.81. The van der Waals surface area contributed by atoms with Crippen molar-refractivity contribution in [2.24, 2.45) is 0 Å². The van der Waals surface area contributed by atoms with Gasteiger partial charge in [0.2, 0.25) is 5.91 Å². The van der Waals surface area contributed by atoms with Gasteiger partial charge in [-0.2, -0.15) is 0 Å². The lowest BCUT2D eigenvalue weighted by Crippen LogP contribution is -2.27. The van der Waals surface area contributed by atoms with Gasteiger partial charge in [0.15, 0.2) is 0 Å². The minimum Gasteiger partial charge on any atom is -0.308 e. The van der Waals surface area contributed by atoms with Crippen LogP contribution < -0.4 is 0 Å². The normalized spacial score (nSPS) is 11.5. The zero-order valence-electron chi connectivity index (χ0n) is 12.2. The standard InChI is InChI=1S/C18H17F2NO/c1-14(22)21(13-15-8-4-2-5-9-15)17(12-18(19)20)16-10-6-3-7-11-16/h2-12,18H,13H2,1H3/b17-12-. The largest absolute Gasteiger partial charge is 0.308 e. The van der Waals surface area contributed by atoms with Crippen LogP contribution in [0.15, 0.2) is 66.7 Å². The maximum atomic E-state index is 12.9. The van der Waals surface area contributed by atoms with Gasteiger partial charge in [-0.25, -0.2) is 8.78 Å². The average molecular weight is 301 g/mol. The Morgan fingerprint density at radius 3 is 2.09 bits per heavy atom. The molecule has 0 heterocycles. The van der Waals surface area contributed by atoms with Crippen LogP contribution in [-0.2, 0) is 11.3 Å². The first-order valence-corrected chi connectivity index (χ1v) is 6.95. The highest BCUT2D eigenvalue weighted by molar-refractivity contribution is 5.85. The van der Waals surface area contributed by atoms with Gasteiger partial charge in [0, 0.05) is 13.0 Å². The summed E-state index contributed by atoms with van der Waals surface area (Å²) in [7, 11) is 0. The molecule has 2 nitrogen and oxygen atoms in total. The van der Waals surface area contributed by atoms with Gasteiger partial charge in [-0.15, -0.1) is 0 Å². The van der Waals surface area contributed by atoms with E-state index < -0.39 is 6.43 Å². The number of allylic oxidation sites excluding steroid dienone is 1. The third-order valence-corrected chi connectivity index (χ3v) is 3.21. The lowest BCUT2D eigenvalue weighted by Gasteiger charge is -2.25. The molecule has 22 heavy (non-hydrogen) atoms. The molecule has 0 bridgehead atoms. The molecule has 2 rings (SSSR count). The number of hydrogen-bond acceptors (Lipinski definition) is 1. The van der Waals surface area contributed by atoms with Crippen LogP contribution in [0.3, 0.4) is 0 Å². The molecule has 2 aromatic rings. The molecular weight excluding hydrogens is 284 g/mol. The highest BCUT2D eigenvalue weighted by Crippen LogP contribution is 2.23. The number of halogens is 2. The fourth-order valence-electron chi connectivity index (χ4n) is 2.20. The molecular formula is C18H17F2NO. The lowest BCUT2D eigenvalue weighted by atomic mass is 10.1. The van der Waals surface area contributed by atoms with Gasteiger partial charge in [0.1, 0.15) is 0 Å². The molecule has 0 fully saturated rings. The van der Waals surface area contributed by atoms with Crippen LogP contribution in [0.25, 0.3) is 5.70 Å². The summed E-state index contributed by atoms with van der Waals surface area (Å²) in [5.41, 5.74) is 1.70. The van der Waals surface area contributed by atoms with Crippen LogP contribution in [0.4, 0.5) is 8.78 Å². The fraction of sp³-hybridized carbons (Fsp3) is 0.167. The molecule has 0 aliphatic rings. The van der Waals surface area contributed by atoms with Crippen molar-refractivity contribution in [3.8, 4) is 0 Å². The molecule has 0 unspecified atom stereocenters. The summed E-state index contributed by atoms with van der Waals surface area (Å²) in [5.74, 6) is -0.278. The van der Waals surface area contributed by atoms with Crippen molar-refractivity contribution in [3.05, 3.63) is 77.9 Å². The van der Waals surface area contributed by atoms with Crippen molar-refractivity contribution in [1.82, 2.24) is 4.90 Å². The van der Waals surface area contributed by atoms with Crippen LogP contribution in [0.5, 0.6) is 0 Å². The van der Waals surface area contributed by atoms with Crippen molar-refractivity contribution in [2.45, 2.75) is 19.9 Å². The summed E-state index contributed by atoms with van der Waals surface area (Å²) < 4.78 is 25.8. The first-order valence-electron chi connectivity index (χ1n) is 6.95. The molecule has 0 N–H and O–H groups in total. The summed E-state index contributed by atoms with van der Waals surface area (Å²) >= 11 is 0. The minimum absolute atomic E-state index is 0.229. The van der Waals surface area contributed by atoms with Crippen LogP contribution >= 0.6 is 0 Å². The first kappa shape index (κ1) is 15.9. The van der Waals surface area contributed by atoms with Crippen LogP contribution in [0.1, 0.15) is 18.1 Å². The Hall–Kier alpha value is -2.49. The maximum Gasteiger partial charge on any atom is 0.259 e. The molecule has 2 aromatic carbocycles. The Morgan fingerprint density at radius 2 is 1.59 bits per heavy atom. The summed E-state index contributed by atoms with van der Waals surface area (Å²) in [6, 6.07) is 18.1. The van der Waals surface area contributed by atoms with E-state index in [0.29, 0.717) is 5.56 Å². The smallest absolute Gasteiger partial charge is 0.259 e. The summed E-state index contributed by atoms with van der Waals surface area (Å²) in [6.45, 7) is 1.63. The third-order valence-electron chi connectivity index (χ3n) is 3.21.